The minimum atomic E-state index is -1.25. The lowest BCUT2D eigenvalue weighted by Crippen LogP contribution is -2.58. The summed E-state index contributed by atoms with van der Waals surface area (Å²) in [5, 5.41) is 12.5. The molecule has 0 saturated carbocycles. The first kappa shape index (κ1) is 34.2. The van der Waals surface area contributed by atoms with E-state index >= 15 is 4.39 Å². The maximum atomic E-state index is 15.0. The van der Waals surface area contributed by atoms with Gasteiger partial charge in [0, 0.05) is 36.1 Å². The molecule has 1 fully saturated rings. The molecule has 2 aliphatic rings. The summed E-state index contributed by atoms with van der Waals surface area (Å²) in [5.74, 6) is -2.75. The number of dihydropyridines is 1. The number of nitrogens with zero attached hydrogens (tertiary/aromatic N) is 5. The van der Waals surface area contributed by atoms with Crippen LogP contribution in [0.1, 0.15) is 40.2 Å². The highest BCUT2D eigenvalue weighted by Gasteiger charge is 2.36. The summed E-state index contributed by atoms with van der Waals surface area (Å²) in [5.41, 5.74) is 5.69. The van der Waals surface area contributed by atoms with Crippen molar-refractivity contribution in [2.75, 3.05) is 23.7 Å². The number of pyridine rings is 2. The fourth-order valence-electron chi connectivity index (χ4n) is 6.53. The predicted molar refractivity (Wildman–Crippen MR) is 183 cm³/mol. The van der Waals surface area contributed by atoms with Crippen molar-refractivity contribution in [1.82, 2.24) is 19.8 Å². The van der Waals surface area contributed by atoms with Crippen LogP contribution in [0.4, 0.5) is 20.2 Å². The van der Waals surface area contributed by atoms with Crippen LogP contribution in [0, 0.1) is 28.9 Å². The van der Waals surface area contributed by atoms with Crippen LogP contribution < -0.4 is 21.5 Å². The van der Waals surface area contributed by atoms with Gasteiger partial charge in [0.25, 0.3) is 5.56 Å². The van der Waals surface area contributed by atoms with Gasteiger partial charge in [0.2, 0.25) is 5.91 Å². The first-order chi connectivity index (χ1) is 22.2. The molecule has 3 atom stereocenters. The average Bonchev–Trinajstić information content (AvgIpc) is 3.02. The Morgan fingerprint density at radius 2 is 1.83 bits per heavy atom. The number of nitrogens with two attached hydrogens (primary N) is 1. The Bertz CT molecular complexity index is 1980. The molecule has 0 radical (unpaired) electrons. The molecule has 9 nitrogen and oxygen atoms in total. The highest BCUT2D eigenvalue weighted by molar-refractivity contribution is 6.39. The van der Waals surface area contributed by atoms with Gasteiger partial charge in [-0.1, -0.05) is 55.2 Å². The molecule has 3 N–H and O–H groups in total. The van der Waals surface area contributed by atoms with Gasteiger partial charge < -0.3 is 20.9 Å². The molecule has 47 heavy (non-hydrogen) atoms. The number of nitrogens with one attached hydrogen (secondary N) is 1. The van der Waals surface area contributed by atoms with Crippen molar-refractivity contribution < 1.29 is 13.6 Å². The second-order valence-corrected chi connectivity index (χ2v) is 13.2. The number of piperazine rings is 1. The summed E-state index contributed by atoms with van der Waals surface area (Å²) in [7, 11) is 0. The molecule has 246 valence electrons. The van der Waals surface area contributed by atoms with Gasteiger partial charge in [-0.2, -0.15) is 5.26 Å². The molecule has 0 spiro atoms. The van der Waals surface area contributed by atoms with Crippen molar-refractivity contribution in [3.05, 3.63) is 79.2 Å². The summed E-state index contributed by atoms with van der Waals surface area (Å²) >= 11 is 18.9. The van der Waals surface area contributed by atoms with E-state index in [0.717, 1.165) is 5.57 Å². The summed E-state index contributed by atoms with van der Waals surface area (Å²) in [4.78, 5) is 35.5. The third kappa shape index (κ3) is 5.52. The molecule has 1 saturated heterocycles. The average molecular weight is 703 g/mol. The number of amides is 1. The van der Waals surface area contributed by atoms with Gasteiger partial charge in [-0.3, -0.25) is 14.2 Å². The number of hydrogen-bond acceptors (Lipinski definition) is 7. The maximum Gasteiger partial charge on any atom is 0.276 e. The molecule has 2 aromatic heterocycles. The largest absolute Gasteiger partial charge is 0.396 e. The zero-order valence-electron chi connectivity index (χ0n) is 26.3. The molecular formula is C33H32Cl3F2N7O2. The number of anilines is 2. The van der Waals surface area contributed by atoms with Gasteiger partial charge in [-0.05, 0) is 56.7 Å². The number of hydrogen-bond donors (Lipinski definition) is 2. The predicted octanol–water partition coefficient (Wildman–Crippen LogP) is 6.74. The lowest BCUT2D eigenvalue weighted by atomic mass is 9.94. The molecule has 14 heteroatoms. The van der Waals surface area contributed by atoms with Gasteiger partial charge in [-0.25, -0.2) is 13.8 Å². The second-order valence-electron chi connectivity index (χ2n) is 12.1. The number of rotatable bonds is 5. The van der Waals surface area contributed by atoms with Crippen LogP contribution in [0.5, 0.6) is 0 Å². The molecule has 1 amide bonds. The number of aromatic nitrogens is 2. The van der Waals surface area contributed by atoms with E-state index < -0.39 is 32.9 Å². The molecule has 3 aromatic rings. The standard InChI is InChI=1S/C33H32Cl3F2N7O2/c1-7-21(46)44-16(5)12-43(13-17(44)6)31-18-10-20(34)29(22-23(35)25(37)24(36)26(38)27(22)40)42-32(18)45(33(47)19(31)11-39)30-15(4)8-9-41-28(30)14(2)3/h7-10,14,16-17,28,41H,1,12-13,40H2,2-6H3/t16-,17+,28?. The normalized spacial score (nSPS) is 19.7. The Hall–Kier alpha value is -4.11. The first-order valence-corrected chi connectivity index (χ1v) is 15.9. The molecule has 1 unspecified atom stereocenters. The number of benzene rings is 1. The zero-order chi connectivity index (χ0) is 34.6. The monoisotopic (exact) mass is 701 g/mol. The fraction of sp³-hybridized carbons (Fsp3) is 0.333. The summed E-state index contributed by atoms with van der Waals surface area (Å²) in [6.07, 6.45) is 4.82. The van der Waals surface area contributed by atoms with Crippen LogP contribution in [0.3, 0.4) is 0 Å². The molecule has 1 aromatic carbocycles. The SMILES string of the molecule is C=CC(=O)N1[C@H](C)CN(c2c(C#N)c(=O)n(C3=C(C)C=CNC3C(C)C)c3nc(-c4c(N)c(F)c(Cl)c(F)c4Cl)c(Cl)cc23)C[C@@H]1C. The summed E-state index contributed by atoms with van der Waals surface area (Å²) in [6, 6.07) is 2.57. The Morgan fingerprint density at radius 1 is 1.19 bits per heavy atom. The molecule has 0 aliphatic carbocycles. The number of carbonyl (C=O) groups excluding carboxylic acids is 1. The Labute approximate surface area is 285 Å². The first-order valence-electron chi connectivity index (χ1n) is 14.8. The van der Waals surface area contributed by atoms with Crippen LogP contribution in [-0.2, 0) is 4.79 Å². The van der Waals surface area contributed by atoms with E-state index in [1.165, 1.54) is 16.7 Å². The molecule has 2 aliphatic heterocycles. The molecule has 0 bridgehead atoms. The van der Waals surface area contributed by atoms with E-state index in [2.05, 4.69) is 18.0 Å². The van der Waals surface area contributed by atoms with Crippen molar-refractivity contribution >= 4 is 68.8 Å². The van der Waals surface area contributed by atoms with E-state index in [1.807, 2.05) is 39.5 Å². The van der Waals surface area contributed by atoms with Crippen molar-refractivity contribution in [3.63, 3.8) is 0 Å². The van der Waals surface area contributed by atoms with Gasteiger partial charge >= 0.3 is 0 Å². The highest BCUT2D eigenvalue weighted by Crippen LogP contribution is 2.45. The summed E-state index contributed by atoms with van der Waals surface area (Å²) in [6.45, 7) is 13.6. The van der Waals surface area contributed by atoms with Crippen molar-refractivity contribution in [2.45, 2.75) is 52.7 Å². The molecule has 5 rings (SSSR count). The minimum absolute atomic E-state index is 0.0226. The van der Waals surface area contributed by atoms with Crippen molar-refractivity contribution in [2.24, 2.45) is 5.92 Å². The highest BCUT2D eigenvalue weighted by atomic mass is 35.5. The van der Waals surface area contributed by atoms with E-state index in [-0.39, 0.29) is 76.2 Å². The lowest BCUT2D eigenvalue weighted by molar-refractivity contribution is -0.130. The summed E-state index contributed by atoms with van der Waals surface area (Å²) < 4.78 is 31.3. The van der Waals surface area contributed by atoms with Crippen LogP contribution in [0.2, 0.25) is 15.1 Å². The third-order valence-electron chi connectivity index (χ3n) is 8.61. The van der Waals surface area contributed by atoms with Gasteiger partial charge in [0.05, 0.1) is 38.9 Å². The van der Waals surface area contributed by atoms with Crippen LogP contribution in [0.15, 0.2) is 41.4 Å². The van der Waals surface area contributed by atoms with Gasteiger partial charge in [0.1, 0.15) is 22.3 Å². The van der Waals surface area contributed by atoms with E-state index in [4.69, 9.17) is 45.5 Å². The number of halogens is 5. The van der Waals surface area contributed by atoms with Crippen LogP contribution in [0.25, 0.3) is 28.0 Å². The Kier molecular flexibility index (Phi) is 9.34. The number of fused-ring (bicyclic) bond motifs is 1. The van der Waals surface area contributed by atoms with Crippen LogP contribution >= 0.6 is 34.8 Å². The van der Waals surface area contributed by atoms with E-state index in [0.29, 0.717) is 11.1 Å². The van der Waals surface area contributed by atoms with E-state index in [1.54, 1.807) is 17.2 Å². The van der Waals surface area contributed by atoms with Crippen molar-refractivity contribution in [3.8, 4) is 17.3 Å². The fourth-order valence-corrected chi connectivity index (χ4v) is 7.31. The third-order valence-corrected chi connectivity index (χ3v) is 9.58. The number of carbonyl (C=O) groups is 1. The zero-order valence-corrected chi connectivity index (χ0v) is 28.5. The smallest absolute Gasteiger partial charge is 0.276 e. The minimum Gasteiger partial charge on any atom is -0.396 e. The van der Waals surface area contributed by atoms with Crippen LogP contribution in [-0.4, -0.2) is 51.6 Å². The number of allylic oxidation sites excluding steroid dienone is 2. The molecule has 4 heterocycles. The van der Waals surface area contributed by atoms with E-state index in [9.17, 15) is 19.2 Å². The van der Waals surface area contributed by atoms with Gasteiger partial charge in [0.15, 0.2) is 11.6 Å². The quantitative estimate of drug-likeness (QED) is 0.131. The topological polar surface area (TPSA) is 120 Å². The molecular weight excluding hydrogens is 671 g/mol. The lowest BCUT2D eigenvalue weighted by Gasteiger charge is -2.45. The number of nitriles is 1. The Morgan fingerprint density at radius 3 is 2.40 bits per heavy atom. The van der Waals surface area contributed by atoms with Gasteiger partial charge in [-0.15, -0.1) is 0 Å². The number of nitrogen functional groups attached to an aromatic ring is 1. The Balaban J connectivity index is 1.92. The second kappa shape index (κ2) is 12.8. The van der Waals surface area contributed by atoms with Crippen molar-refractivity contribution in [1.29, 1.82) is 5.26 Å². The maximum absolute atomic E-state index is 15.0.